The van der Waals surface area contributed by atoms with Crippen LogP contribution in [0.1, 0.15) is 25.8 Å². The Kier molecular flexibility index (Phi) is 5.56. The summed E-state index contributed by atoms with van der Waals surface area (Å²) in [6.45, 7) is 5.88. The van der Waals surface area contributed by atoms with Crippen molar-refractivity contribution in [3.05, 3.63) is 64.8 Å². The summed E-state index contributed by atoms with van der Waals surface area (Å²) in [6, 6.07) is 14.1. The van der Waals surface area contributed by atoms with Gasteiger partial charge in [0.2, 0.25) is 0 Å². The second-order valence-electron chi connectivity index (χ2n) is 8.23. The highest BCUT2D eigenvalue weighted by atomic mass is 35.5. The lowest BCUT2D eigenvalue weighted by molar-refractivity contribution is -0.120. The van der Waals surface area contributed by atoms with Crippen LogP contribution in [0.5, 0.6) is 5.75 Å². The summed E-state index contributed by atoms with van der Waals surface area (Å²) >= 11 is 6.14. The zero-order valence-corrected chi connectivity index (χ0v) is 18.1. The van der Waals surface area contributed by atoms with Crippen molar-refractivity contribution < 1.29 is 14.3 Å². The molecule has 2 amide bonds. The summed E-state index contributed by atoms with van der Waals surface area (Å²) in [7, 11) is 1.60. The molecule has 5 nitrogen and oxygen atoms in total. The van der Waals surface area contributed by atoms with E-state index in [2.05, 4.69) is 18.7 Å². The van der Waals surface area contributed by atoms with Crippen LogP contribution in [0.25, 0.3) is 5.57 Å². The van der Waals surface area contributed by atoms with E-state index >= 15 is 0 Å². The molecule has 0 aliphatic carbocycles. The quantitative estimate of drug-likeness (QED) is 0.672. The molecule has 0 saturated carbocycles. The number of imide groups is 1. The first-order valence-electron chi connectivity index (χ1n) is 10.2. The third-order valence-electron chi connectivity index (χ3n) is 5.69. The molecule has 1 saturated heterocycles. The van der Waals surface area contributed by atoms with Crippen molar-refractivity contribution in [3.8, 4) is 5.75 Å². The third kappa shape index (κ3) is 3.70. The van der Waals surface area contributed by atoms with Crippen molar-refractivity contribution in [1.82, 2.24) is 4.90 Å². The van der Waals surface area contributed by atoms with Gasteiger partial charge in [0.1, 0.15) is 11.4 Å². The summed E-state index contributed by atoms with van der Waals surface area (Å²) in [4.78, 5) is 30.5. The molecule has 0 spiro atoms. The molecular weight excluding hydrogens is 400 g/mol. The van der Waals surface area contributed by atoms with Crippen LogP contribution < -0.4 is 9.64 Å². The Morgan fingerprint density at radius 1 is 0.967 bits per heavy atom. The predicted octanol–water partition coefficient (Wildman–Crippen LogP) is 4.61. The number of rotatable bonds is 4. The summed E-state index contributed by atoms with van der Waals surface area (Å²) < 4.78 is 5.25. The summed E-state index contributed by atoms with van der Waals surface area (Å²) in [5.41, 5.74) is 2.10. The number of methoxy groups -OCH3 is 1. The highest BCUT2D eigenvalue weighted by Crippen LogP contribution is 2.38. The van der Waals surface area contributed by atoms with E-state index in [9.17, 15) is 9.59 Å². The molecule has 2 aromatic carbocycles. The average Bonchev–Trinajstić information content (AvgIpc) is 2.97. The zero-order chi connectivity index (χ0) is 21.4. The number of piperidine rings is 1. The van der Waals surface area contributed by atoms with Crippen LogP contribution in [-0.4, -0.2) is 36.9 Å². The second kappa shape index (κ2) is 8.15. The Balaban J connectivity index is 1.83. The molecule has 2 aliphatic rings. The molecular formula is C24H25ClN2O3. The first kappa shape index (κ1) is 20.5. The van der Waals surface area contributed by atoms with E-state index in [-0.39, 0.29) is 11.8 Å². The van der Waals surface area contributed by atoms with Gasteiger partial charge in [-0.15, -0.1) is 0 Å². The summed E-state index contributed by atoms with van der Waals surface area (Å²) in [5, 5.41) is 0.479. The lowest BCUT2D eigenvalue weighted by Crippen LogP contribution is -2.42. The molecule has 2 aliphatic heterocycles. The topological polar surface area (TPSA) is 49.9 Å². The Bertz CT molecular complexity index is 1010. The Labute approximate surface area is 181 Å². The SMILES string of the molecule is COc1ccc(C2=C(N3CC(C)CC(C)C3)C(=O)N(c3cccc(Cl)c3)C2=O)cc1. The van der Waals surface area contributed by atoms with Gasteiger partial charge in [-0.3, -0.25) is 9.59 Å². The number of hydrogen-bond acceptors (Lipinski definition) is 4. The number of hydrogen-bond donors (Lipinski definition) is 0. The van der Waals surface area contributed by atoms with Gasteiger partial charge in [0, 0.05) is 18.1 Å². The maximum Gasteiger partial charge on any atom is 0.282 e. The van der Waals surface area contributed by atoms with Crippen LogP contribution in [0.15, 0.2) is 54.2 Å². The number of benzene rings is 2. The fourth-order valence-electron chi connectivity index (χ4n) is 4.52. The largest absolute Gasteiger partial charge is 0.497 e. The number of ether oxygens (including phenoxy) is 1. The van der Waals surface area contributed by atoms with Crippen molar-refractivity contribution in [1.29, 1.82) is 0 Å². The maximum absolute atomic E-state index is 13.6. The molecule has 4 rings (SSSR count). The zero-order valence-electron chi connectivity index (χ0n) is 17.4. The minimum Gasteiger partial charge on any atom is -0.497 e. The average molecular weight is 425 g/mol. The maximum atomic E-state index is 13.6. The Morgan fingerprint density at radius 2 is 1.63 bits per heavy atom. The molecule has 30 heavy (non-hydrogen) atoms. The van der Waals surface area contributed by atoms with E-state index in [1.165, 1.54) is 4.90 Å². The smallest absolute Gasteiger partial charge is 0.282 e. The standard InChI is InChI=1S/C24H25ClN2O3/c1-15-11-16(2)14-26(13-15)22-21(17-7-9-20(30-3)10-8-17)23(28)27(24(22)29)19-6-4-5-18(25)12-19/h4-10,12,15-16H,11,13-14H2,1-3H3. The second-order valence-corrected chi connectivity index (χ2v) is 8.67. The normalized spacial score (nSPS) is 22.1. The summed E-state index contributed by atoms with van der Waals surface area (Å²) in [6.07, 6.45) is 1.11. The van der Waals surface area contributed by atoms with Crippen molar-refractivity contribution >= 4 is 34.7 Å². The van der Waals surface area contributed by atoms with E-state index in [1.54, 1.807) is 43.5 Å². The fourth-order valence-corrected chi connectivity index (χ4v) is 4.71. The van der Waals surface area contributed by atoms with Gasteiger partial charge >= 0.3 is 0 Å². The number of carbonyl (C=O) groups is 2. The molecule has 0 radical (unpaired) electrons. The van der Waals surface area contributed by atoms with E-state index < -0.39 is 0 Å². The highest BCUT2D eigenvalue weighted by molar-refractivity contribution is 6.45. The van der Waals surface area contributed by atoms with E-state index in [1.807, 2.05) is 12.1 Å². The number of halogens is 1. The fraction of sp³-hybridized carbons (Fsp3) is 0.333. The van der Waals surface area contributed by atoms with Crippen molar-refractivity contribution in [2.45, 2.75) is 20.3 Å². The molecule has 0 bridgehead atoms. The lowest BCUT2D eigenvalue weighted by atomic mass is 9.91. The third-order valence-corrected chi connectivity index (χ3v) is 5.92. The van der Waals surface area contributed by atoms with Crippen LogP contribution in [-0.2, 0) is 9.59 Å². The van der Waals surface area contributed by atoms with Crippen molar-refractivity contribution in [2.75, 3.05) is 25.1 Å². The van der Waals surface area contributed by atoms with E-state index in [4.69, 9.17) is 16.3 Å². The monoisotopic (exact) mass is 424 g/mol. The van der Waals surface area contributed by atoms with E-state index in [0.717, 1.165) is 19.5 Å². The number of anilines is 1. The highest BCUT2D eigenvalue weighted by Gasteiger charge is 2.43. The van der Waals surface area contributed by atoms with Crippen LogP contribution in [0.2, 0.25) is 5.02 Å². The van der Waals surface area contributed by atoms with Crippen LogP contribution in [0, 0.1) is 11.8 Å². The minimum absolute atomic E-state index is 0.297. The Morgan fingerprint density at radius 3 is 2.23 bits per heavy atom. The first-order chi connectivity index (χ1) is 14.4. The van der Waals surface area contributed by atoms with Gasteiger partial charge in [0.05, 0.1) is 18.4 Å². The lowest BCUT2D eigenvalue weighted by Gasteiger charge is -2.37. The first-order valence-corrected chi connectivity index (χ1v) is 10.5. The molecule has 0 N–H and O–H groups in total. The van der Waals surface area contributed by atoms with Gasteiger partial charge in [-0.05, 0) is 54.2 Å². The molecule has 6 heteroatoms. The predicted molar refractivity (Wildman–Crippen MR) is 118 cm³/mol. The Hall–Kier alpha value is -2.79. The molecule has 2 unspecified atom stereocenters. The molecule has 1 fully saturated rings. The molecule has 156 valence electrons. The van der Waals surface area contributed by atoms with Crippen LogP contribution >= 0.6 is 11.6 Å². The van der Waals surface area contributed by atoms with E-state index in [0.29, 0.717) is 45.1 Å². The summed E-state index contributed by atoms with van der Waals surface area (Å²) in [5.74, 6) is 0.968. The van der Waals surface area contributed by atoms with Gasteiger partial charge in [-0.1, -0.05) is 43.6 Å². The minimum atomic E-state index is -0.326. The number of amides is 2. The van der Waals surface area contributed by atoms with Gasteiger partial charge in [-0.2, -0.15) is 0 Å². The number of nitrogens with zero attached hydrogens (tertiary/aromatic N) is 2. The molecule has 2 heterocycles. The van der Waals surface area contributed by atoms with Gasteiger partial charge in [-0.25, -0.2) is 4.90 Å². The van der Waals surface area contributed by atoms with Gasteiger partial charge in [0.25, 0.3) is 11.8 Å². The molecule has 2 aromatic rings. The number of carbonyl (C=O) groups excluding carboxylic acids is 2. The van der Waals surface area contributed by atoms with Gasteiger partial charge in [0.15, 0.2) is 0 Å². The van der Waals surface area contributed by atoms with Crippen molar-refractivity contribution in [2.24, 2.45) is 11.8 Å². The van der Waals surface area contributed by atoms with Crippen molar-refractivity contribution in [3.63, 3.8) is 0 Å². The number of likely N-dealkylation sites (tertiary alicyclic amines) is 1. The molecule has 2 atom stereocenters. The van der Waals surface area contributed by atoms with Gasteiger partial charge < -0.3 is 9.64 Å². The molecule has 0 aromatic heterocycles. The van der Waals surface area contributed by atoms with Crippen LogP contribution in [0.3, 0.4) is 0 Å². The van der Waals surface area contributed by atoms with Crippen LogP contribution in [0.4, 0.5) is 5.69 Å².